The van der Waals surface area contributed by atoms with Crippen LogP contribution < -0.4 is 15.9 Å². The summed E-state index contributed by atoms with van der Waals surface area (Å²) < 4.78 is 13.1. The van der Waals surface area contributed by atoms with Crippen molar-refractivity contribution in [2.45, 2.75) is 6.42 Å². The smallest absolute Gasteiger partial charge is 0.277 e. The van der Waals surface area contributed by atoms with E-state index in [1.54, 1.807) is 0 Å². The molecule has 1 aromatic carbocycles. The summed E-state index contributed by atoms with van der Waals surface area (Å²) in [6, 6.07) is 3.49. The highest BCUT2D eigenvalue weighted by atomic mass is 31.0. The molecule has 1 aliphatic rings. The van der Waals surface area contributed by atoms with Crippen molar-refractivity contribution < 1.29 is 18.8 Å². The molecule has 0 aromatic heterocycles. The molecule has 1 aromatic rings. The van der Waals surface area contributed by atoms with Gasteiger partial charge < -0.3 is 0 Å². The molecule has 1 saturated heterocycles. The number of carbonyl (C=O) groups excluding carboxylic acids is 3. The molecule has 0 bridgehead atoms. The van der Waals surface area contributed by atoms with Crippen LogP contribution in [0.25, 0.3) is 0 Å². The first-order valence-electron chi connectivity index (χ1n) is 5.17. The summed E-state index contributed by atoms with van der Waals surface area (Å²) in [7, 11) is 2.23. The SMILES string of the molecule is O=C1NC(=O)C(Cc2ccc(F)c(P)c2)C(=O)N1. The Morgan fingerprint density at radius 2 is 1.78 bits per heavy atom. The van der Waals surface area contributed by atoms with Gasteiger partial charge in [0.2, 0.25) is 11.8 Å². The second-order valence-electron chi connectivity index (χ2n) is 3.92. The van der Waals surface area contributed by atoms with Crippen LogP contribution in [0.3, 0.4) is 0 Å². The van der Waals surface area contributed by atoms with Crippen molar-refractivity contribution >= 4 is 32.4 Å². The van der Waals surface area contributed by atoms with Crippen LogP contribution in [-0.2, 0) is 16.0 Å². The number of urea groups is 1. The lowest BCUT2D eigenvalue weighted by Gasteiger charge is -2.20. The summed E-state index contributed by atoms with van der Waals surface area (Å²) in [5.41, 5.74) is 0.644. The van der Waals surface area contributed by atoms with Crippen LogP contribution in [0, 0.1) is 11.7 Å². The van der Waals surface area contributed by atoms with E-state index < -0.39 is 23.8 Å². The number of amides is 4. The number of rotatable bonds is 2. The Morgan fingerprint density at radius 3 is 2.33 bits per heavy atom. The summed E-state index contributed by atoms with van der Waals surface area (Å²) in [5.74, 6) is -2.63. The first kappa shape index (κ1) is 12.6. The molecule has 1 aliphatic heterocycles. The van der Waals surface area contributed by atoms with E-state index in [9.17, 15) is 18.8 Å². The average molecular weight is 268 g/mol. The van der Waals surface area contributed by atoms with Gasteiger partial charge in [0.1, 0.15) is 11.7 Å². The van der Waals surface area contributed by atoms with Crippen molar-refractivity contribution in [3.05, 3.63) is 29.6 Å². The highest BCUT2D eigenvalue weighted by Crippen LogP contribution is 2.12. The first-order valence-corrected chi connectivity index (χ1v) is 5.74. The molecule has 94 valence electrons. The third kappa shape index (κ3) is 2.54. The van der Waals surface area contributed by atoms with E-state index in [1.165, 1.54) is 18.2 Å². The van der Waals surface area contributed by atoms with Gasteiger partial charge in [0.05, 0.1) is 0 Å². The van der Waals surface area contributed by atoms with Gasteiger partial charge in [-0.3, -0.25) is 20.2 Å². The number of hydrogen-bond donors (Lipinski definition) is 2. The summed E-state index contributed by atoms with van der Waals surface area (Å²) in [6.07, 6.45) is 0.118. The Morgan fingerprint density at radius 1 is 1.17 bits per heavy atom. The van der Waals surface area contributed by atoms with Crippen molar-refractivity contribution in [3.63, 3.8) is 0 Å². The molecule has 0 spiro atoms. The third-order valence-electron chi connectivity index (χ3n) is 2.61. The van der Waals surface area contributed by atoms with Crippen LogP contribution in [0.2, 0.25) is 0 Å². The summed E-state index contributed by atoms with van der Waals surface area (Å²) >= 11 is 0. The predicted octanol–water partition coefficient (Wildman–Crippen LogP) is -0.149. The van der Waals surface area contributed by atoms with Crippen molar-refractivity contribution in [1.82, 2.24) is 10.6 Å². The molecule has 0 radical (unpaired) electrons. The number of hydrogen-bond acceptors (Lipinski definition) is 3. The topological polar surface area (TPSA) is 75.3 Å². The zero-order valence-electron chi connectivity index (χ0n) is 9.20. The van der Waals surface area contributed by atoms with Crippen LogP contribution in [-0.4, -0.2) is 17.8 Å². The number of barbiturate groups is 1. The van der Waals surface area contributed by atoms with Gasteiger partial charge in [0, 0.05) is 5.30 Å². The van der Waals surface area contributed by atoms with Crippen LogP contribution in [0.4, 0.5) is 9.18 Å². The largest absolute Gasteiger partial charge is 0.328 e. The molecule has 0 aliphatic carbocycles. The van der Waals surface area contributed by atoms with Gasteiger partial charge in [-0.15, -0.1) is 9.24 Å². The van der Waals surface area contributed by atoms with Gasteiger partial charge in [-0.25, -0.2) is 9.18 Å². The van der Waals surface area contributed by atoms with Crippen molar-refractivity contribution in [2.24, 2.45) is 5.92 Å². The van der Waals surface area contributed by atoms with Crippen LogP contribution in [0.5, 0.6) is 0 Å². The van der Waals surface area contributed by atoms with Gasteiger partial charge in [0.15, 0.2) is 0 Å². The van der Waals surface area contributed by atoms with Gasteiger partial charge in [0.25, 0.3) is 0 Å². The Kier molecular flexibility index (Phi) is 3.39. The highest BCUT2D eigenvalue weighted by molar-refractivity contribution is 7.27. The minimum Gasteiger partial charge on any atom is -0.277 e. The Labute approximate surface area is 104 Å². The van der Waals surface area contributed by atoms with Crippen molar-refractivity contribution in [1.29, 1.82) is 0 Å². The fourth-order valence-electron chi connectivity index (χ4n) is 1.69. The maximum absolute atomic E-state index is 13.1. The number of halogens is 1. The predicted molar refractivity (Wildman–Crippen MR) is 64.6 cm³/mol. The van der Waals surface area contributed by atoms with Gasteiger partial charge >= 0.3 is 6.03 Å². The van der Waals surface area contributed by atoms with E-state index >= 15 is 0 Å². The molecule has 18 heavy (non-hydrogen) atoms. The van der Waals surface area contributed by atoms with Crippen molar-refractivity contribution in [3.8, 4) is 0 Å². The summed E-state index contributed by atoms with van der Waals surface area (Å²) in [5, 5.41) is 4.40. The highest BCUT2D eigenvalue weighted by Gasteiger charge is 2.34. The van der Waals surface area contributed by atoms with Crippen LogP contribution >= 0.6 is 9.24 Å². The minimum absolute atomic E-state index is 0.118. The van der Waals surface area contributed by atoms with E-state index in [0.717, 1.165) is 0 Å². The molecule has 5 nitrogen and oxygen atoms in total. The molecule has 2 rings (SSSR count). The average Bonchev–Trinajstić information content (AvgIpc) is 2.28. The van der Waals surface area contributed by atoms with E-state index in [4.69, 9.17) is 0 Å². The molecule has 1 unspecified atom stereocenters. The molecule has 0 saturated carbocycles. The number of carbonyl (C=O) groups is 3. The van der Waals surface area contributed by atoms with Gasteiger partial charge in [-0.05, 0) is 24.1 Å². The van der Waals surface area contributed by atoms with Gasteiger partial charge in [-0.2, -0.15) is 0 Å². The minimum atomic E-state index is -0.974. The molecule has 1 atom stereocenters. The van der Waals surface area contributed by atoms with Gasteiger partial charge in [-0.1, -0.05) is 6.07 Å². The first-order chi connectivity index (χ1) is 8.47. The maximum atomic E-state index is 13.1. The standard InChI is InChI=1S/C11H10FN2O3P/c12-7-2-1-5(4-8(7)18)3-6-9(15)13-11(17)14-10(6)16/h1-2,4,6H,3,18H2,(H2,13,14,15,16,17). The fraction of sp³-hybridized carbons (Fsp3) is 0.182. The van der Waals surface area contributed by atoms with Crippen LogP contribution in [0.1, 0.15) is 5.56 Å². The Bertz CT molecular complexity index is 527. The van der Waals surface area contributed by atoms with Crippen molar-refractivity contribution in [2.75, 3.05) is 0 Å². The molecule has 4 amide bonds. The second kappa shape index (κ2) is 4.82. The number of imide groups is 2. The molecule has 1 heterocycles. The maximum Gasteiger partial charge on any atom is 0.328 e. The second-order valence-corrected chi connectivity index (χ2v) is 4.54. The molecule has 7 heteroatoms. The quantitative estimate of drug-likeness (QED) is 0.578. The number of benzene rings is 1. The normalized spacial score (nSPS) is 16.4. The van der Waals surface area contributed by atoms with E-state index in [2.05, 4.69) is 9.24 Å². The van der Waals surface area contributed by atoms with Crippen LogP contribution in [0.15, 0.2) is 18.2 Å². The third-order valence-corrected chi connectivity index (χ3v) is 3.05. The zero-order valence-corrected chi connectivity index (χ0v) is 10.4. The summed E-state index contributed by atoms with van der Waals surface area (Å²) in [4.78, 5) is 33.9. The molecule has 2 N–H and O–H groups in total. The molecular formula is C11H10FN2O3P. The molecular weight excluding hydrogens is 258 g/mol. The lowest BCUT2D eigenvalue weighted by molar-refractivity contribution is -0.135. The Hall–Kier alpha value is -1.81. The zero-order chi connectivity index (χ0) is 13.3. The van der Waals surface area contributed by atoms with E-state index in [1.807, 2.05) is 10.6 Å². The number of nitrogens with one attached hydrogen (secondary N) is 2. The lowest BCUT2D eigenvalue weighted by Crippen LogP contribution is -2.56. The monoisotopic (exact) mass is 268 g/mol. The molecule has 1 fully saturated rings. The Balaban J connectivity index is 2.17. The van der Waals surface area contributed by atoms with E-state index in [0.29, 0.717) is 10.9 Å². The fourth-order valence-corrected chi connectivity index (χ4v) is 2.00. The lowest BCUT2D eigenvalue weighted by atomic mass is 9.96. The van der Waals surface area contributed by atoms with E-state index in [-0.39, 0.29) is 12.2 Å². The summed E-state index contributed by atoms with van der Waals surface area (Å²) in [6.45, 7) is 0.